The van der Waals surface area contributed by atoms with Gasteiger partial charge in [-0.1, -0.05) is 0 Å². The lowest BCUT2D eigenvalue weighted by molar-refractivity contribution is -0.121. The molecule has 2 heterocycles. The monoisotopic (exact) mass is 460 g/mol. The summed E-state index contributed by atoms with van der Waals surface area (Å²) in [5.41, 5.74) is 1.72. The van der Waals surface area contributed by atoms with Crippen molar-refractivity contribution in [3.63, 3.8) is 0 Å². The van der Waals surface area contributed by atoms with E-state index in [1.165, 1.54) is 6.08 Å². The molecule has 1 unspecified atom stereocenters. The molecule has 1 atom stereocenters. The van der Waals surface area contributed by atoms with Crippen molar-refractivity contribution in [2.45, 2.75) is 39.3 Å². The number of benzene rings is 1. The van der Waals surface area contributed by atoms with E-state index in [0.29, 0.717) is 18.2 Å². The Morgan fingerprint density at radius 2 is 2.03 bits per heavy atom. The zero-order valence-electron chi connectivity index (χ0n) is 18.2. The van der Waals surface area contributed by atoms with Crippen LogP contribution in [0.5, 0.6) is 0 Å². The second kappa shape index (κ2) is 10.4. The van der Waals surface area contributed by atoms with Gasteiger partial charge in [0, 0.05) is 24.5 Å². The van der Waals surface area contributed by atoms with Crippen LogP contribution in [0.3, 0.4) is 0 Å². The molecule has 0 aliphatic carbocycles. The van der Waals surface area contributed by atoms with Crippen LogP contribution in [0.1, 0.15) is 29.8 Å². The largest absolute Gasteiger partial charge is 0.376 e. The molecule has 1 aromatic heterocycles. The van der Waals surface area contributed by atoms with Crippen LogP contribution in [0.4, 0.5) is 18.9 Å². The van der Waals surface area contributed by atoms with Gasteiger partial charge < -0.3 is 19.9 Å². The van der Waals surface area contributed by atoms with Crippen molar-refractivity contribution >= 4 is 23.6 Å². The molecule has 2 N–H and O–H groups in total. The minimum absolute atomic E-state index is 0.128. The molecule has 7 nitrogen and oxygen atoms in total. The fourth-order valence-electron chi connectivity index (χ4n) is 3.62. The topological polar surface area (TPSA) is 96.2 Å². The third kappa shape index (κ3) is 5.62. The summed E-state index contributed by atoms with van der Waals surface area (Å²) in [6.07, 6.45) is 3.55. The van der Waals surface area contributed by atoms with Crippen molar-refractivity contribution in [3.8, 4) is 6.07 Å². The van der Waals surface area contributed by atoms with Gasteiger partial charge in [0.05, 0.1) is 18.3 Å². The summed E-state index contributed by atoms with van der Waals surface area (Å²) in [4.78, 5) is 24.4. The molecule has 3 rings (SSSR count). The number of anilines is 1. The zero-order chi connectivity index (χ0) is 24.1. The number of halogens is 3. The highest BCUT2D eigenvalue weighted by molar-refractivity contribution is 6.04. The minimum atomic E-state index is -1.72. The SMILES string of the molecule is Cc1cc(/C=C(\C#N)C(=O)NCC(=O)Nc2ccc(F)c(F)c2F)c(C)n1CC1CCCO1. The van der Waals surface area contributed by atoms with Gasteiger partial charge in [0.2, 0.25) is 5.91 Å². The Morgan fingerprint density at radius 1 is 1.27 bits per heavy atom. The first-order chi connectivity index (χ1) is 15.7. The molecule has 0 saturated carbocycles. The molecule has 0 bridgehead atoms. The third-order valence-corrected chi connectivity index (χ3v) is 5.41. The highest BCUT2D eigenvalue weighted by atomic mass is 19.2. The summed E-state index contributed by atoms with van der Waals surface area (Å²) in [5, 5.41) is 13.7. The van der Waals surface area contributed by atoms with Crippen molar-refractivity contribution in [1.82, 2.24) is 9.88 Å². The average molecular weight is 460 g/mol. The van der Waals surface area contributed by atoms with E-state index in [-0.39, 0.29) is 11.7 Å². The highest BCUT2D eigenvalue weighted by Crippen LogP contribution is 2.22. The summed E-state index contributed by atoms with van der Waals surface area (Å²) in [6, 6.07) is 5.19. The van der Waals surface area contributed by atoms with Gasteiger partial charge in [-0.05, 0) is 56.5 Å². The van der Waals surface area contributed by atoms with Crippen LogP contribution in [0.2, 0.25) is 0 Å². The van der Waals surface area contributed by atoms with E-state index in [1.54, 1.807) is 0 Å². The van der Waals surface area contributed by atoms with E-state index in [4.69, 9.17) is 4.74 Å². The van der Waals surface area contributed by atoms with Gasteiger partial charge in [0.25, 0.3) is 5.91 Å². The number of rotatable bonds is 7. The van der Waals surface area contributed by atoms with Crippen molar-refractivity contribution < 1.29 is 27.5 Å². The second-order valence-electron chi connectivity index (χ2n) is 7.70. The van der Waals surface area contributed by atoms with E-state index in [0.717, 1.165) is 36.9 Å². The predicted octanol–water partition coefficient (Wildman–Crippen LogP) is 3.36. The van der Waals surface area contributed by atoms with Crippen LogP contribution < -0.4 is 10.6 Å². The Hall–Kier alpha value is -3.58. The number of ether oxygens (including phenoxy) is 1. The number of carbonyl (C=O) groups excluding carboxylic acids is 2. The Bertz CT molecular complexity index is 1140. The molecule has 1 aliphatic rings. The van der Waals surface area contributed by atoms with Crippen LogP contribution in [-0.4, -0.2) is 35.6 Å². The molecule has 2 aromatic rings. The molecule has 1 fully saturated rings. The molecule has 0 spiro atoms. The van der Waals surface area contributed by atoms with Gasteiger partial charge in [-0.3, -0.25) is 9.59 Å². The number of nitrogens with one attached hydrogen (secondary N) is 2. The zero-order valence-corrected chi connectivity index (χ0v) is 18.2. The number of amides is 2. The van der Waals surface area contributed by atoms with Crippen molar-refractivity contribution in [2.24, 2.45) is 0 Å². The molecule has 174 valence electrons. The van der Waals surface area contributed by atoms with Gasteiger partial charge >= 0.3 is 0 Å². The van der Waals surface area contributed by atoms with E-state index < -0.39 is 41.5 Å². The molecule has 2 amide bonds. The summed E-state index contributed by atoms with van der Waals surface area (Å²) < 4.78 is 47.7. The molecular formula is C23H23F3N4O3. The van der Waals surface area contributed by atoms with E-state index in [9.17, 15) is 28.0 Å². The van der Waals surface area contributed by atoms with E-state index >= 15 is 0 Å². The number of nitriles is 1. The Labute approximate surface area is 188 Å². The molecule has 1 aliphatic heterocycles. The fraction of sp³-hybridized carbons (Fsp3) is 0.348. The molecule has 0 radical (unpaired) electrons. The molecule has 10 heteroatoms. The van der Waals surface area contributed by atoms with E-state index in [1.807, 2.05) is 31.3 Å². The summed E-state index contributed by atoms with van der Waals surface area (Å²) in [6.45, 7) is 4.62. The summed E-state index contributed by atoms with van der Waals surface area (Å²) in [7, 11) is 0. The van der Waals surface area contributed by atoms with Crippen LogP contribution in [0.25, 0.3) is 6.08 Å². The molecule has 33 heavy (non-hydrogen) atoms. The number of nitrogens with zero attached hydrogens (tertiary/aromatic N) is 2. The Kier molecular flexibility index (Phi) is 7.55. The maximum Gasteiger partial charge on any atom is 0.262 e. The minimum Gasteiger partial charge on any atom is -0.376 e. The van der Waals surface area contributed by atoms with Crippen LogP contribution in [-0.2, 0) is 20.9 Å². The molecular weight excluding hydrogens is 437 g/mol. The summed E-state index contributed by atoms with van der Waals surface area (Å²) in [5.74, 6) is -6.34. The number of hydrogen-bond acceptors (Lipinski definition) is 4. The predicted molar refractivity (Wildman–Crippen MR) is 114 cm³/mol. The normalized spacial score (nSPS) is 15.9. The first kappa shape index (κ1) is 24.1. The standard InChI is InChI=1S/C23H23F3N4O3/c1-13-8-15(14(2)30(13)12-17-4-3-7-33-17)9-16(10-27)23(32)28-11-20(31)29-19-6-5-18(24)21(25)22(19)26/h5-6,8-9,17H,3-4,7,11-12H2,1-2H3,(H,28,32)(H,29,31)/b16-9+. The van der Waals surface area contributed by atoms with Crippen LogP contribution in [0.15, 0.2) is 23.8 Å². The van der Waals surface area contributed by atoms with Gasteiger partial charge in [0.15, 0.2) is 17.5 Å². The van der Waals surface area contributed by atoms with Gasteiger partial charge in [-0.2, -0.15) is 5.26 Å². The lowest BCUT2D eigenvalue weighted by atomic mass is 10.1. The molecule has 1 saturated heterocycles. The van der Waals surface area contributed by atoms with Gasteiger partial charge in [0.1, 0.15) is 11.6 Å². The first-order valence-electron chi connectivity index (χ1n) is 10.3. The quantitative estimate of drug-likeness (QED) is 0.376. The smallest absolute Gasteiger partial charge is 0.262 e. The lowest BCUT2D eigenvalue weighted by Gasteiger charge is -2.14. The second-order valence-corrected chi connectivity index (χ2v) is 7.70. The van der Waals surface area contributed by atoms with Gasteiger partial charge in [-0.25, -0.2) is 13.2 Å². The fourth-order valence-corrected chi connectivity index (χ4v) is 3.62. The van der Waals surface area contributed by atoms with Crippen molar-refractivity contribution in [1.29, 1.82) is 5.26 Å². The lowest BCUT2D eigenvalue weighted by Crippen LogP contribution is -2.33. The average Bonchev–Trinajstić information content (AvgIpc) is 3.40. The van der Waals surface area contributed by atoms with Crippen LogP contribution >= 0.6 is 0 Å². The molecule has 1 aromatic carbocycles. The highest BCUT2D eigenvalue weighted by Gasteiger charge is 2.20. The number of hydrogen-bond donors (Lipinski definition) is 2. The van der Waals surface area contributed by atoms with Crippen LogP contribution in [0, 0.1) is 42.6 Å². The Morgan fingerprint density at radius 3 is 2.70 bits per heavy atom. The maximum absolute atomic E-state index is 13.7. The van der Waals surface area contributed by atoms with Gasteiger partial charge in [-0.15, -0.1) is 0 Å². The van der Waals surface area contributed by atoms with Crippen molar-refractivity contribution in [3.05, 3.63) is 58.2 Å². The maximum atomic E-state index is 13.7. The van der Waals surface area contributed by atoms with Crippen molar-refractivity contribution in [2.75, 3.05) is 18.5 Å². The summed E-state index contributed by atoms with van der Waals surface area (Å²) >= 11 is 0. The number of carbonyl (C=O) groups is 2. The third-order valence-electron chi connectivity index (χ3n) is 5.41. The van der Waals surface area contributed by atoms with E-state index in [2.05, 4.69) is 9.88 Å². The number of aryl methyl sites for hydroxylation is 1. The number of aromatic nitrogens is 1. The Balaban J connectivity index is 1.65. The first-order valence-corrected chi connectivity index (χ1v) is 10.3.